The zero-order valence-electron chi connectivity index (χ0n) is 21.4. The number of amides is 2. The molecule has 1 aromatic carbocycles. The Morgan fingerprint density at radius 3 is 2.12 bits per heavy atom. The summed E-state index contributed by atoms with van der Waals surface area (Å²) < 4.78 is 0. The molecule has 0 aliphatic heterocycles. The average Bonchev–Trinajstić information content (AvgIpc) is 2.84. The molecule has 0 saturated heterocycles. The fourth-order valence-electron chi connectivity index (χ4n) is 2.56. The van der Waals surface area contributed by atoms with Crippen molar-refractivity contribution in [1.82, 2.24) is 10.2 Å². The molecule has 2 amide bonds. The Bertz CT molecular complexity index is 644. The molecule has 1 aromatic rings. The van der Waals surface area contributed by atoms with E-state index in [-0.39, 0.29) is 29.9 Å². The number of aldehydes is 2. The van der Waals surface area contributed by atoms with Crippen LogP contribution in [0.4, 0.5) is 0 Å². The van der Waals surface area contributed by atoms with Gasteiger partial charge in [-0.2, -0.15) is 0 Å². The normalized spacial score (nSPS) is 9.91. The summed E-state index contributed by atoms with van der Waals surface area (Å²) in [7, 11) is 3.00. The third-order valence-electron chi connectivity index (χ3n) is 4.37. The van der Waals surface area contributed by atoms with Crippen molar-refractivity contribution in [3.8, 4) is 0 Å². The molecule has 3 N–H and O–H groups in total. The number of nitrogens with two attached hydrogens (primary N) is 1. The van der Waals surface area contributed by atoms with Crippen LogP contribution in [0.2, 0.25) is 0 Å². The highest BCUT2D eigenvalue weighted by molar-refractivity contribution is 6.03. The number of hydrogen-bond donors (Lipinski definition) is 2. The van der Waals surface area contributed by atoms with Gasteiger partial charge in [-0.25, -0.2) is 0 Å². The van der Waals surface area contributed by atoms with Crippen LogP contribution in [-0.4, -0.2) is 56.0 Å². The highest BCUT2D eigenvalue weighted by atomic mass is 16.2. The van der Waals surface area contributed by atoms with Crippen LogP contribution in [0.3, 0.4) is 0 Å². The van der Waals surface area contributed by atoms with Gasteiger partial charge in [0.15, 0.2) is 6.29 Å². The molecule has 1 unspecified atom stereocenters. The van der Waals surface area contributed by atoms with E-state index in [1.54, 1.807) is 25.1 Å². The van der Waals surface area contributed by atoms with Crippen molar-refractivity contribution in [2.24, 2.45) is 5.73 Å². The van der Waals surface area contributed by atoms with Crippen molar-refractivity contribution in [1.29, 1.82) is 0 Å². The smallest absolute Gasteiger partial charge is 0.255 e. The van der Waals surface area contributed by atoms with Crippen molar-refractivity contribution in [3.63, 3.8) is 0 Å². The monoisotopic (exact) mass is 451 g/mol. The van der Waals surface area contributed by atoms with Gasteiger partial charge in [0, 0.05) is 26.1 Å². The number of carbonyl (C=O) groups excluding carboxylic acids is 4. The topological polar surface area (TPSA) is 110 Å². The summed E-state index contributed by atoms with van der Waals surface area (Å²) in [6.07, 6.45) is 5.39. The minimum absolute atomic E-state index is 0.145. The molecule has 0 aliphatic rings. The van der Waals surface area contributed by atoms with Gasteiger partial charge in [0.05, 0.1) is 11.6 Å². The van der Waals surface area contributed by atoms with Gasteiger partial charge < -0.3 is 20.7 Å². The lowest BCUT2D eigenvalue weighted by Crippen LogP contribution is -2.39. The molecule has 0 aromatic heterocycles. The standard InChI is InChI=1S/C16H20N2O4.C5H13N.2C2H6/c1-11-5-4-6-12(9-19)15(11)16(22)18(3)13(10-20)7-8-14(21)17-2;1-2-3-4-5-6;2*1-2/h4-6,9-10,13H,7-8H2,1-3H3,(H,17,21);2-6H2,1H3;2*1-2H3. The molecule has 7 nitrogen and oxygen atoms in total. The van der Waals surface area contributed by atoms with Gasteiger partial charge in [-0.05, 0) is 31.9 Å². The molecule has 0 heterocycles. The maximum Gasteiger partial charge on any atom is 0.255 e. The Labute approximate surface area is 195 Å². The molecular weight excluding hydrogens is 406 g/mol. The Hall–Kier alpha value is -2.54. The first-order valence-corrected chi connectivity index (χ1v) is 11.6. The van der Waals surface area contributed by atoms with Crippen molar-refractivity contribution < 1.29 is 19.2 Å². The Morgan fingerprint density at radius 2 is 1.72 bits per heavy atom. The van der Waals surface area contributed by atoms with Crippen LogP contribution in [-0.2, 0) is 9.59 Å². The van der Waals surface area contributed by atoms with Gasteiger partial charge in [-0.3, -0.25) is 14.4 Å². The second-order valence-corrected chi connectivity index (χ2v) is 6.48. The second kappa shape index (κ2) is 23.1. The summed E-state index contributed by atoms with van der Waals surface area (Å²) >= 11 is 0. The van der Waals surface area contributed by atoms with Crippen molar-refractivity contribution in [3.05, 3.63) is 34.9 Å². The van der Waals surface area contributed by atoms with E-state index in [9.17, 15) is 19.2 Å². The first-order valence-electron chi connectivity index (χ1n) is 11.6. The van der Waals surface area contributed by atoms with E-state index in [2.05, 4.69) is 12.2 Å². The van der Waals surface area contributed by atoms with Gasteiger partial charge >= 0.3 is 0 Å². The quantitative estimate of drug-likeness (QED) is 0.410. The van der Waals surface area contributed by atoms with Crippen LogP contribution in [0.5, 0.6) is 0 Å². The third-order valence-corrected chi connectivity index (χ3v) is 4.37. The number of aryl methyl sites for hydroxylation is 1. The van der Waals surface area contributed by atoms with Gasteiger partial charge in [0.1, 0.15) is 6.29 Å². The zero-order valence-corrected chi connectivity index (χ0v) is 21.4. The van der Waals surface area contributed by atoms with Gasteiger partial charge in [0.2, 0.25) is 5.91 Å². The summed E-state index contributed by atoms with van der Waals surface area (Å²) in [5.41, 5.74) is 6.45. The van der Waals surface area contributed by atoms with Crippen molar-refractivity contribution in [2.45, 2.75) is 79.7 Å². The minimum atomic E-state index is -0.719. The van der Waals surface area contributed by atoms with Crippen molar-refractivity contribution in [2.75, 3.05) is 20.6 Å². The molecule has 0 bridgehead atoms. The van der Waals surface area contributed by atoms with Crippen LogP contribution < -0.4 is 11.1 Å². The minimum Gasteiger partial charge on any atom is -0.359 e. The number of unbranched alkanes of at least 4 members (excludes halogenated alkanes) is 2. The molecular formula is C25H45N3O4. The first kappa shape index (κ1) is 34.1. The molecule has 0 radical (unpaired) electrons. The number of carbonyl (C=O) groups is 4. The highest BCUT2D eigenvalue weighted by Crippen LogP contribution is 2.17. The molecule has 0 aliphatic carbocycles. The zero-order chi connectivity index (χ0) is 25.5. The van der Waals surface area contributed by atoms with Crippen LogP contribution in [0.15, 0.2) is 18.2 Å². The molecule has 0 fully saturated rings. The Kier molecular flexibility index (Phi) is 24.6. The molecule has 0 spiro atoms. The summed E-state index contributed by atoms with van der Waals surface area (Å²) in [5.74, 6) is -0.605. The first-order chi connectivity index (χ1) is 15.4. The molecule has 0 saturated carbocycles. The lowest BCUT2D eigenvalue weighted by molar-refractivity contribution is -0.121. The van der Waals surface area contributed by atoms with Crippen LogP contribution >= 0.6 is 0 Å². The number of nitrogens with zero attached hydrogens (tertiary/aromatic N) is 1. The summed E-state index contributed by atoms with van der Waals surface area (Å²) in [6, 6.07) is 4.26. The number of hydrogen-bond acceptors (Lipinski definition) is 5. The SMILES string of the molecule is CC.CC.CCCCCN.CNC(=O)CCC(C=O)N(C)C(=O)c1c(C)cccc1C=O. The number of benzene rings is 1. The Morgan fingerprint density at radius 1 is 1.12 bits per heavy atom. The number of rotatable bonds is 10. The van der Waals surface area contributed by atoms with Crippen molar-refractivity contribution >= 4 is 24.4 Å². The lowest BCUT2D eigenvalue weighted by Gasteiger charge is -2.25. The molecule has 1 atom stereocenters. The van der Waals surface area contributed by atoms with Gasteiger partial charge in [-0.15, -0.1) is 0 Å². The fourth-order valence-corrected chi connectivity index (χ4v) is 2.56. The van der Waals surface area contributed by atoms with Crippen LogP contribution in [0.25, 0.3) is 0 Å². The largest absolute Gasteiger partial charge is 0.359 e. The number of likely N-dealkylation sites (N-methyl/N-ethyl adjacent to an activating group) is 1. The fraction of sp³-hybridized carbons (Fsp3) is 0.600. The van der Waals surface area contributed by atoms with Crippen LogP contribution in [0, 0.1) is 6.92 Å². The molecule has 7 heteroatoms. The van der Waals surface area contributed by atoms with E-state index < -0.39 is 11.9 Å². The second-order valence-electron chi connectivity index (χ2n) is 6.48. The summed E-state index contributed by atoms with van der Waals surface area (Å²) in [4.78, 5) is 47.4. The van der Waals surface area contributed by atoms with Gasteiger partial charge in [0.25, 0.3) is 5.91 Å². The lowest BCUT2D eigenvalue weighted by atomic mass is 10.0. The molecule has 184 valence electrons. The third kappa shape index (κ3) is 13.7. The predicted molar refractivity (Wildman–Crippen MR) is 133 cm³/mol. The summed E-state index contributed by atoms with van der Waals surface area (Å²) in [5, 5.41) is 2.47. The van der Waals surface area contributed by atoms with Crippen LogP contribution in [0.1, 0.15) is 93.0 Å². The summed E-state index contributed by atoms with van der Waals surface area (Å²) in [6.45, 7) is 12.8. The number of nitrogens with one attached hydrogen (secondary N) is 1. The predicted octanol–water partition coefficient (Wildman–Crippen LogP) is 4.16. The van der Waals surface area contributed by atoms with E-state index in [1.807, 2.05) is 27.7 Å². The average molecular weight is 452 g/mol. The van der Waals surface area contributed by atoms with E-state index in [1.165, 1.54) is 38.3 Å². The maximum absolute atomic E-state index is 12.6. The molecule has 32 heavy (non-hydrogen) atoms. The van der Waals surface area contributed by atoms with E-state index in [4.69, 9.17) is 5.73 Å². The maximum atomic E-state index is 12.6. The highest BCUT2D eigenvalue weighted by Gasteiger charge is 2.24. The van der Waals surface area contributed by atoms with E-state index in [0.717, 1.165) is 6.54 Å². The Balaban J connectivity index is -0.000000713. The molecule has 1 rings (SSSR count). The van der Waals surface area contributed by atoms with Gasteiger partial charge in [-0.1, -0.05) is 65.7 Å². The van der Waals surface area contributed by atoms with E-state index >= 15 is 0 Å². The van der Waals surface area contributed by atoms with E-state index in [0.29, 0.717) is 18.1 Å².